The van der Waals surface area contributed by atoms with Crippen molar-refractivity contribution < 1.29 is 9.53 Å². The highest BCUT2D eigenvalue weighted by Gasteiger charge is 2.19. The van der Waals surface area contributed by atoms with Crippen LogP contribution in [-0.4, -0.2) is 51.1 Å². The van der Waals surface area contributed by atoms with Gasteiger partial charge in [0.05, 0.1) is 18.4 Å². The van der Waals surface area contributed by atoms with E-state index in [1.807, 2.05) is 18.2 Å². The first-order chi connectivity index (χ1) is 11.8. The Morgan fingerprint density at radius 3 is 3.04 bits per heavy atom. The van der Waals surface area contributed by atoms with Crippen molar-refractivity contribution in [3.63, 3.8) is 0 Å². The molecule has 0 spiro atoms. The fourth-order valence-corrected chi connectivity index (χ4v) is 3.28. The Balaban J connectivity index is 1.39. The molecule has 1 fully saturated rings. The van der Waals surface area contributed by atoms with Gasteiger partial charge in [0.15, 0.2) is 0 Å². The highest BCUT2D eigenvalue weighted by molar-refractivity contribution is 7.99. The monoisotopic (exact) mass is 347 g/mol. The summed E-state index contributed by atoms with van der Waals surface area (Å²) in [4.78, 5) is 11.9. The van der Waals surface area contributed by atoms with E-state index in [2.05, 4.69) is 33.0 Å². The third kappa shape index (κ3) is 5.04. The number of thioether (sulfide) groups is 1. The minimum Gasteiger partial charge on any atom is -0.376 e. The summed E-state index contributed by atoms with van der Waals surface area (Å²) < 4.78 is 7.32. The number of carbonyl (C=O) groups excluding carboxylic acids is 1. The molecule has 2 heterocycles. The molecular weight excluding hydrogens is 326 g/mol. The Morgan fingerprint density at radius 1 is 1.38 bits per heavy atom. The Labute approximate surface area is 145 Å². The van der Waals surface area contributed by atoms with Gasteiger partial charge >= 0.3 is 0 Å². The molecule has 1 aromatic carbocycles. The summed E-state index contributed by atoms with van der Waals surface area (Å²) in [6.07, 6.45) is 3.12. The summed E-state index contributed by atoms with van der Waals surface area (Å²) >= 11 is 1.35. The summed E-state index contributed by atoms with van der Waals surface area (Å²) in [6.45, 7) is 2.08. The first-order valence-electron chi connectivity index (χ1n) is 8.12. The molecule has 1 atom stereocenters. The standard InChI is InChI=1S/C16H21N5O2S/c22-15(17-9-8-13-5-2-1-3-6-13)12-24-16-18-19-20-21(16)11-14-7-4-10-23-14/h1-3,5-6,14H,4,7-12H2,(H,17,22). The summed E-state index contributed by atoms with van der Waals surface area (Å²) in [6, 6.07) is 10.1. The lowest BCUT2D eigenvalue weighted by molar-refractivity contribution is -0.118. The lowest BCUT2D eigenvalue weighted by Gasteiger charge is -2.10. The molecule has 2 aromatic rings. The van der Waals surface area contributed by atoms with Crippen LogP contribution in [0.1, 0.15) is 18.4 Å². The number of aromatic nitrogens is 4. The van der Waals surface area contributed by atoms with Crippen LogP contribution in [-0.2, 0) is 22.5 Å². The average molecular weight is 347 g/mol. The number of benzene rings is 1. The van der Waals surface area contributed by atoms with Crippen LogP contribution >= 0.6 is 11.8 Å². The Kier molecular flexibility index (Phi) is 6.20. The van der Waals surface area contributed by atoms with Gasteiger partial charge in [0, 0.05) is 13.2 Å². The number of tetrazole rings is 1. The van der Waals surface area contributed by atoms with Crippen LogP contribution < -0.4 is 5.32 Å². The molecule has 1 aliphatic heterocycles. The zero-order chi connectivity index (χ0) is 16.6. The lowest BCUT2D eigenvalue weighted by Crippen LogP contribution is -2.27. The van der Waals surface area contributed by atoms with E-state index in [4.69, 9.17) is 4.74 Å². The second-order valence-corrected chi connectivity index (χ2v) is 6.60. The maximum Gasteiger partial charge on any atom is 0.230 e. The molecule has 1 aromatic heterocycles. The first kappa shape index (κ1) is 16.9. The van der Waals surface area contributed by atoms with Crippen LogP contribution in [0.2, 0.25) is 0 Å². The smallest absolute Gasteiger partial charge is 0.230 e. The molecule has 3 rings (SSSR count). The molecule has 1 aliphatic rings. The molecule has 0 radical (unpaired) electrons. The van der Waals surface area contributed by atoms with Gasteiger partial charge in [-0.05, 0) is 35.3 Å². The van der Waals surface area contributed by atoms with E-state index in [0.717, 1.165) is 25.9 Å². The molecule has 1 unspecified atom stereocenters. The van der Waals surface area contributed by atoms with Gasteiger partial charge in [-0.25, -0.2) is 4.68 Å². The molecule has 1 amide bonds. The summed E-state index contributed by atoms with van der Waals surface area (Å²) in [5.41, 5.74) is 1.21. The minimum absolute atomic E-state index is 0.0115. The highest BCUT2D eigenvalue weighted by atomic mass is 32.2. The Hall–Kier alpha value is -1.93. The minimum atomic E-state index is -0.0115. The fourth-order valence-electron chi connectivity index (χ4n) is 2.57. The summed E-state index contributed by atoms with van der Waals surface area (Å²) in [5.74, 6) is 0.295. The summed E-state index contributed by atoms with van der Waals surface area (Å²) in [5, 5.41) is 15.2. The van der Waals surface area contributed by atoms with E-state index in [-0.39, 0.29) is 12.0 Å². The van der Waals surface area contributed by atoms with Gasteiger partial charge in [0.25, 0.3) is 0 Å². The molecule has 24 heavy (non-hydrogen) atoms. The molecule has 1 saturated heterocycles. The van der Waals surface area contributed by atoms with Crippen LogP contribution in [0.3, 0.4) is 0 Å². The normalized spacial score (nSPS) is 17.1. The molecule has 1 N–H and O–H groups in total. The number of nitrogens with zero attached hydrogens (tertiary/aromatic N) is 4. The molecule has 8 heteroatoms. The second kappa shape index (κ2) is 8.79. The van der Waals surface area contributed by atoms with E-state index in [9.17, 15) is 4.79 Å². The Morgan fingerprint density at radius 2 is 2.25 bits per heavy atom. The third-order valence-electron chi connectivity index (χ3n) is 3.81. The number of carbonyl (C=O) groups is 1. The van der Waals surface area contributed by atoms with Crippen LogP contribution in [0.15, 0.2) is 35.5 Å². The van der Waals surface area contributed by atoms with Crippen LogP contribution in [0.5, 0.6) is 0 Å². The van der Waals surface area contributed by atoms with Crippen molar-refractivity contribution in [2.45, 2.75) is 37.1 Å². The number of ether oxygens (including phenoxy) is 1. The van der Waals surface area contributed by atoms with Gasteiger partial charge in [-0.15, -0.1) is 5.10 Å². The number of hydrogen-bond acceptors (Lipinski definition) is 6. The van der Waals surface area contributed by atoms with Crippen molar-refractivity contribution in [2.75, 3.05) is 18.9 Å². The van der Waals surface area contributed by atoms with Crippen molar-refractivity contribution in [3.8, 4) is 0 Å². The molecule has 0 aliphatic carbocycles. The van der Waals surface area contributed by atoms with Crippen molar-refractivity contribution in [1.29, 1.82) is 0 Å². The zero-order valence-electron chi connectivity index (χ0n) is 13.4. The SMILES string of the molecule is O=C(CSc1nnnn1CC1CCCO1)NCCc1ccccc1. The van der Waals surface area contributed by atoms with Gasteiger partial charge in [-0.2, -0.15) is 0 Å². The number of rotatable bonds is 8. The van der Waals surface area contributed by atoms with Gasteiger partial charge in [-0.1, -0.05) is 42.1 Å². The van der Waals surface area contributed by atoms with E-state index < -0.39 is 0 Å². The highest BCUT2D eigenvalue weighted by Crippen LogP contribution is 2.18. The maximum absolute atomic E-state index is 11.9. The van der Waals surface area contributed by atoms with E-state index in [0.29, 0.717) is 24.0 Å². The molecular formula is C16H21N5O2S. The third-order valence-corrected chi connectivity index (χ3v) is 4.77. The zero-order valence-corrected chi connectivity index (χ0v) is 14.2. The second-order valence-electron chi connectivity index (χ2n) is 5.65. The topological polar surface area (TPSA) is 81.9 Å². The average Bonchev–Trinajstić information content (AvgIpc) is 3.26. The number of hydrogen-bond donors (Lipinski definition) is 1. The largest absolute Gasteiger partial charge is 0.376 e. The van der Waals surface area contributed by atoms with Crippen molar-refractivity contribution in [1.82, 2.24) is 25.5 Å². The maximum atomic E-state index is 11.9. The van der Waals surface area contributed by atoms with E-state index in [1.54, 1.807) is 4.68 Å². The van der Waals surface area contributed by atoms with E-state index in [1.165, 1.54) is 17.3 Å². The van der Waals surface area contributed by atoms with Crippen molar-refractivity contribution in [3.05, 3.63) is 35.9 Å². The van der Waals surface area contributed by atoms with Crippen LogP contribution in [0, 0.1) is 0 Å². The summed E-state index contributed by atoms with van der Waals surface area (Å²) in [7, 11) is 0. The number of nitrogens with one attached hydrogen (secondary N) is 1. The first-order valence-corrected chi connectivity index (χ1v) is 9.11. The van der Waals surface area contributed by atoms with Gasteiger partial charge in [0.1, 0.15) is 0 Å². The van der Waals surface area contributed by atoms with Crippen LogP contribution in [0.4, 0.5) is 0 Å². The van der Waals surface area contributed by atoms with Gasteiger partial charge in [0.2, 0.25) is 11.1 Å². The molecule has 128 valence electrons. The molecule has 7 nitrogen and oxygen atoms in total. The van der Waals surface area contributed by atoms with Crippen molar-refractivity contribution in [2.24, 2.45) is 0 Å². The van der Waals surface area contributed by atoms with Crippen LogP contribution in [0.25, 0.3) is 0 Å². The predicted octanol–water partition coefficient (Wildman–Crippen LogP) is 1.30. The van der Waals surface area contributed by atoms with Gasteiger partial charge < -0.3 is 10.1 Å². The lowest BCUT2D eigenvalue weighted by atomic mass is 10.1. The Bertz CT molecular complexity index is 643. The quantitative estimate of drug-likeness (QED) is 0.725. The predicted molar refractivity (Wildman–Crippen MR) is 90.7 cm³/mol. The van der Waals surface area contributed by atoms with Gasteiger partial charge in [-0.3, -0.25) is 4.79 Å². The molecule has 0 bridgehead atoms. The van der Waals surface area contributed by atoms with Crippen molar-refractivity contribution >= 4 is 17.7 Å². The van der Waals surface area contributed by atoms with E-state index >= 15 is 0 Å². The molecule has 0 saturated carbocycles. The fraction of sp³-hybridized carbons (Fsp3) is 0.500. The number of amides is 1.